The van der Waals surface area contributed by atoms with Crippen LogP contribution in [0.4, 0.5) is 4.79 Å². The van der Waals surface area contributed by atoms with Crippen molar-refractivity contribution in [2.24, 2.45) is 5.92 Å². The Morgan fingerprint density at radius 2 is 2.04 bits per heavy atom. The summed E-state index contributed by atoms with van der Waals surface area (Å²) in [5.41, 5.74) is 3.22. The highest BCUT2D eigenvalue weighted by Crippen LogP contribution is 2.25. The number of likely N-dealkylation sites (tertiary alicyclic amines) is 1. The molecule has 2 unspecified atom stereocenters. The first-order valence-corrected chi connectivity index (χ1v) is 8.38. The molecule has 0 spiro atoms. The van der Waals surface area contributed by atoms with Crippen molar-refractivity contribution < 1.29 is 14.6 Å². The summed E-state index contributed by atoms with van der Waals surface area (Å²) >= 11 is 0. The van der Waals surface area contributed by atoms with Crippen molar-refractivity contribution in [3.05, 3.63) is 34.9 Å². The van der Waals surface area contributed by atoms with Crippen LogP contribution in [0.15, 0.2) is 18.2 Å². The highest BCUT2D eigenvalue weighted by molar-refractivity contribution is 5.68. The predicted molar refractivity (Wildman–Crippen MR) is 91.5 cm³/mol. The van der Waals surface area contributed by atoms with Crippen molar-refractivity contribution in [1.29, 1.82) is 0 Å². The normalized spacial score (nSPS) is 22.1. The fourth-order valence-electron chi connectivity index (χ4n) is 3.02. The average Bonchev–Trinajstić information content (AvgIpc) is 2.43. The first kappa shape index (κ1) is 17.8. The molecule has 1 amide bonds. The van der Waals surface area contributed by atoms with Crippen molar-refractivity contribution in [2.75, 3.05) is 13.1 Å². The number of amides is 1. The molecule has 1 fully saturated rings. The zero-order chi connectivity index (χ0) is 17.2. The van der Waals surface area contributed by atoms with Gasteiger partial charge in [-0.2, -0.15) is 0 Å². The third-order valence-corrected chi connectivity index (χ3v) is 4.33. The van der Waals surface area contributed by atoms with Crippen molar-refractivity contribution in [3.8, 4) is 0 Å². The van der Waals surface area contributed by atoms with E-state index in [4.69, 9.17) is 4.74 Å². The van der Waals surface area contributed by atoms with Gasteiger partial charge in [-0.15, -0.1) is 0 Å². The second kappa shape index (κ2) is 6.91. The van der Waals surface area contributed by atoms with Crippen molar-refractivity contribution >= 4 is 6.09 Å². The van der Waals surface area contributed by atoms with Crippen LogP contribution in [0.5, 0.6) is 0 Å². The molecule has 0 radical (unpaired) electrons. The Hall–Kier alpha value is -1.55. The van der Waals surface area contributed by atoms with Crippen LogP contribution in [0.3, 0.4) is 0 Å². The molecule has 0 aromatic heterocycles. The van der Waals surface area contributed by atoms with Gasteiger partial charge in [-0.1, -0.05) is 23.8 Å². The molecule has 4 heteroatoms. The van der Waals surface area contributed by atoms with E-state index in [1.54, 1.807) is 4.90 Å². The van der Waals surface area contributed by atoms with Crippen LogP contribution in [0.1, 0.15) is 43.9 Å². The van der Waals surface area contributed by atoms with E-state index in [9.17, 15) is 9.90 Å². The summed E-state index contributed by atoms with van der Waals surface area (Å²) in [6, 6.07) is 6.39. The standard InChI is InChI=1S/C19H29NO3/c1-13-6-7-14(2)15(10-13)11-16-12-20(9-8-17(16)21)18(22)23-19(3,4)5/h6-7,10,16-17,21H,8-9,11-12H2,1-5H3. The van der Waals surface area contributed by atoms with Crippen LogP contribution in [0, 0.1) is 19.8 Å². The lowest BCUT2D eigenvalue weighted by molar-refractivity contribution is -0.00825. The van der Waals surface area contributed by atoms with Gasteiger partial charge in [0.2, 0.25) is 0 Å². The lowest BCUT2D eigenvalue weighted by atomic mass is 9.87. The number of aliphatic hydroxyl groups excluding tert-OH is 1. The summed E-state index contributed by atoms with van der Waals surface area (Å²) in [6.45, 7) is 10.9. The fraction of sp³-hybridized carbons (Fsp3) is 0.632. The lowest BCUT2D eigenvalue weighted by Gasteiger charge is -2.37. The molecule has 128 valence electrons. The molecule has 0 aliphatic carbocycles. The van der Waals surface area contributed by atoms with Crippen LogP contribution in [-0.4, -0.2) is 40.9 Å². The zero-order valence-electron chi connectivity index (χ0n) is 14.9. The Morgan fingerprint density at radius 3 is 2.70 bits per heavy atom. The molecule has 1 saturated heterocycles. The average molecular weight is 319 g/mol. The number of hydrogen-bond acceptors (Lipinski definition) is 3. The Balaban J connectivity index is 2.06. The van der Waals surface area contributed by atoms with E-state index in [-0.39, 0.29) is 18.1 Å². The van der Waals surface area contributed by atoms with E-state index in [1.165, 1.54) is 16.7 Å². The minimum Gasteiger partial charge on any atom is -0.444 e. The second-order valence-electron chi connectivity index (χ2n) is 7.68. The summed E-state index contributed by atoms with van der Waals surface area (Å²) in [6.07, 6.45) is 0.743. The number of hydrogen-bond donors (Lipinski definition) is 1. The molecule has 4 nitrogen and oxygen atoms in total. The van der Waals surface area contributed by atoms with E-state index in [1.807, 2.05) is 20.8 Å². The monoisotopic (exact) mass is 319 g/mol. The predicted octanol–water partition coefficient (Wildman–Crippen LogP) is 3.46. The van der Waals surface area contributed by atoms with Crippen LogP contribution in [0.25, 0.3) is 0 Å². The maximum absolute atomic E-state index is 12.3. The highest BCUT2D eigenvalue weighted by Gasteiger charge is 2.32. The SMILES string of the molecule is Cc1ccc(C)c(CC2CN(C(=O)OC(C)(C)C)CCC2O)c1. The van der Waals surface area contributed by atoms with Gasteiger partial charge >= 0.3 is 6.09 Å². The molecule has 1 aromatic rings. The summed E-state index contributed by atoms with van der Waals surface area (Å²) in [4.78, 5) is 14.0. The highest BCUT2D eigenvalue weighted by atomic mass is 16.6. The Morgan fingerprint density at radius 1 is 1.35 bits per heavy atom. The number of piperidine rings is 1. The molecule has 1 aliphatic heterocycles. The number of carbonyl (C=O) groups is 1. The topological polar surface area (TPSA) is 49.8 Å². The first-order valence-electron chi connectivity index (χ1n) is 8.38. The number of aliphatic hydroxyl groups is 1. The largest absolute Gasteiger partial charge is 0.444 e. The number of nitrogens with zero attached hydrogens (tertiary/aromatic N) is 1. The number of carbonyl (C=O) groups excluding carboxylic acids is 1. The first-order chi connectivity index (χ1) is 10.7. The molecule has 1 heterocycles. The lowest BCUT2D eigenvalue weighted by Crippen LogP contribution is -2.48. The van der Waals surface area contributed by atoms with Crippen LogP contribution >= 0.6 is 0 Å². The van der Waals surface area contributed by atoms with E-state index in [0.29, 0.717) is 19.5 Å². The van der Waals surface area contributed by atoms with E-state index in [2.05, 4.69) is 32.0 Å². The van der Waals surface area contributed by atoms with Gasteiger partial charge in [0.05, 0.1) is 6.10 Å². The number of benzene rings is 1. The summed E-state index contributed by atoms with van der Waals surface area (Å²) in [5, 5.41) is 10.3. The quantitative estimate of drug-likeness (QED) is 0.908. The molecule has 2 atom stereocenters. The van der Waals surface area contributed by atoms with Gasteiger partial charge in [0.15, 0.2) is 0 Å². The maximum Gasteiger partial charge on any atom is 0.410 e. The molecule has 1 N–H and O–H groups in total. The van der Waals surface area contributed by atoms with E-state index < -0.39 is 5.60 Å². The molecular weight excluding hydrogens is 290 g/mol. The summed E-state index contributed by atoms with van der Waals surface area (Å²) in [7, 11) is 0. The number of rotatable bonds is 2. The molecule has 2 rings (SSSR count). The fourth-order valence-corrected chi connectivity index (χ4v) is 3.02. The minimum atomic E-state index is -0.490. The molecule has 1 aliphatic rings. The Bertz CT molecular complexity index is 562. The smallest absolute Gasteiger partial charge is 0.410 e. The molecule has 0 bridgehead atoms. The third kappa shape index (κ3) is 4.96. The van der Waals surface area contributed by atoms with Gasteiger partial charge in [-0.05, 0) is 58.6 Å². The van der Waals surface area contributed by atoms with Gasteiger partial charge in [0.25, 0.3) is 0 Å². The zero-order valence-corrected chi connectivity index (χ0v) is 14.9. The van der Waals surface area contributed by atoms with Crippen LogP contribution in [0.2, 0.25) is 0 Å². The number of ether oxygens (including phenoxy) is 1. The molecule has 0 saturated carbocycles. The van der Waals surface area contributed by atoms with E-state index >= 15 is 0 Å². The van der Waals surface area contributed by atoms with Crippen molar-refractivity contribution in [3.63, 3.8) is 0 Å². The molecule has 1 aromatic carbocycles. The van der Waals surface area contributed by atoms with E-state index in [0.717, 1.165) is 6.42 Å². The van der Waals surface area contributed by atoms with Crippen LogP contribution in [-0.2, 0) is 11.2 Å². The van der Waals surface area contributed by atoms with Crippen molar-refractivity contribution in [1.82, 2.24) is 4.90 Å². The second-order valence-corrected chi connectivity index (χ2v) is 7.68. The molecular formula is C19H29NO3. The Labute approximate surface area is 139 Å². The van der Waals surface area contributed by atoms with Gasteiger partial charge < -0.3 is 14.7 Å². The summed E-state index contributed by atoms with van der Waals surface area (Å²) < 4.78 is 5.46. The van der Waals surface area contributed by atoms with Gasteiger partial charge in [-0.3, -0.25) is 0 Å². The maximum atomic E-state index is 12.3. The Kier molecular flexibility index (Phi) is 5.35. The molecule has 23 heavy (non-hydrogen) atoms. The van der Waals surface area contributed by atoms with Gasteiger partial charge in [-0.25, -0.2) is 4.79 Å². The van der Waals surface area contributed by atoms with Gasteiger partial charge in [0.1, 0.15) is 5.60 Å². The van der Waals surface area contributed by atoms with Gasteiger partial charge in [0, 0.05) is 19.0 Å². The van der Waals surface area contributed by atoms with Crippen molar-refractivity contribution in [2.45, 2.75) is 59.2 Å². The van der Waals surface area contributed by atoms with Crippen LogP contribution < -0.4 is 0 Å². The third-order valence-electron chi connectivity index (χ3n) is 4.33. The number of aryl methyl sites for hydroxylation is 2. The minimum absolute atomic E-state index is 0.0526. The summed E-state index contributed by atoms with van der Waals surface area (Å²) in [5.74, 6) is 0.0526.